The zero-order valence-corrected chi connectivity index (χ0v) is 32.5. The predicted molar refractivity (Wildman–Crippen MR) is 241 cm³/mol. The maximum absolute atomic E-state index is 6.98. The average Bonchev–Trinajstić information content (AvgIpc) is 3.91. The number of para-hydroxylation sites is 3. The summed E-state index contributed by atoms with van der Waals surface area (Å²) in [5.74, 6) is 1.79. The Hall–Kier alpha value is -7.63. The number of hydrogen-bond donors (Lipinski definition) is 0. The Morgan fingerprint density at radius 2 is 0.949 bits per heavy atom. The van der Waals surface area contributed by atoms with Crippen LogP contribution < -0.4 is 0 Å². The summed E-state index contributed by atoms with van der Waals surface area (Å²) in [5, 5.41) is 4.56. The van der Waals surface area contributed by atoms with Gasteiger partial charge in [-0.1, -0.05) is 159 Å². The van der Waals surface area contributed by atoms with Crippen LogP contribution in [0, 0.1) is 0 Å². The molecule has 0 saturated carbocycles. The van der Waals surface area contributed by atoms with Crippen LogP contribution in [0.4, 0.5) is 0 Å². The number of furan rings is 1. The largest absolute Gasteiger partial charge is 0.455 e. The second-order valence-corrected chi connectivity index (χ2v) is 16.0. The van der Waals surface area contributed by atoms with E-state index in [9.17, 15) is 0 Å². The normalized spacial score (nSPS) is 13.1. The van der Waals surface area contributed by atoms with Crippen molar-refractivity contribution in [2.45, 2.75) is 19.3 Å². The van der Waals surface area contributed by atoms with Gasteiger partial charge in [0.15, 0.2) is 17.5 Å². The minimum absolute atomic E-state index is 0.105. The summed E-state index contributed by atoms with van der Waals surface area (Å²) >= 11 is 0. The van der Waals surface area contributed by atoms with E-state index in [1.165, 1.54) is 44.1 Å². The van der Waals surface area contributed by atoms with Crippen LogP contribution in [0.1, 0.15) is 25.0 Å². The molecule has 0 N–H and O–H groups in total. The molecular weight excluding hydrogens is 721 g/mol. The maximum Gasteiger partial charge on any atom is 0.167 e. The molecule has 1 aliphatic rings. The summed E-state index contributed by atoms with van der Waals surface area (Å²) in [6.07, 6.45) is 0. The number of fused-ring (bicyclic) bond motifs is 9. The highest BCUT2D eigenvalue weighted by atomic mass is 16.3. The van der Waals surface area contributed by atoms with Crippen LogP contribution in [-0.2, 0) is 5.41 Å². The quantitative estimate of drug-likeness (QED) is 0.175. The molecule has 59 heavy (non-hydrogen) atoms. The molecule has 3 aromatic heterocycles. The molecule has 11 aromatic rings. The molecule has 8 aromatic carbocycles. The minimum atomic E-state index is -0.105. The molecule has 3 heterocycles. The van der Waals surface area contributed by atoms with Gasteiger partial charge in [0.05, 0.1) is 16.6 Å². The van der Waals surface area contributed by atoms with Crippen molar-refractivity contribution in [3.8, 4) is 62.1 Å². The molecule has 0 bridgehead atoms. The van der Waals surface area contributed by atoms with E-state index in [0.717, 1.165) is 55.4 Å². The Balaban J connectivity index is 1.03. The van der Waals surface area contributed by atoms with Crippen LogP contribution in [0.2, 0.25) is 0 Å². The fraction of sp³-hybridized carbons (Fsp3) is 0.0556. The standard InChI is InChI=1S/C54H36N4O/c1-54(2)45-28-11-9-22-38(45)43-31-44-39-23-10-12-29-47(39)58(48(44)32-46(43)54)36-21-13-20-35(30-36)37-24-14-25-40-41-26-15-27-42(50(41)59-49(37)40)53-56-51(33-16-5-3-6-17-33)55-52(57-53)34-18-7-4-8-19-34/h3-32H,1-2H3. The lowest BCUT2D eigenvalue weighted by atomic mass is 9.82. The Bertz CT molecular complexity index is 3410. The first-order valence-electron chi connectivity index (χ1n) is 20.1. The third-order valence-corrected chi connectivity index (χ3v) is 12.3. The van der Waals surface area contributed by atoms with Crippen LogP contribution in [0.25, 0.3) is 106 Å². The van der Waals surface area contributed by atoms with E-state index in [1.807, 2.05) is 66.7 Å². The smallest absolute Gasteiger partial charge is 0.167 e. The molecule has 0 unspecified atom stereocenters. The SMILES string of the molecule is CC1(C)c2ccccc2-c2cc3c4ccccc4n(-c4cccc(-c5cccc6c5oc5c(-c7nc(-c8ccccc8)nc(-c8ccccc8)n7)cccc56)c4)c3cc21. The zero-order chi connectivity index (χ0) is 39.2. The molecule has 0 amide bonds. The maximum atomic E-state index is 6.98. The predicted octanol–water partition coefficient (Wildman–Crippen LogP) is 13.8. The van der Waals surface area contributed by atoms with Crippen molar-refractivity contribution in [2.75, 3.05) is 0 Å². The van der Waals surface area contributed by atoms with E-state index in [1.54, 1.807) is 0 Å². The van der Waals surface area contributed by atoms with Crippen LogP contribution in [0.15, 0.2) is 186 Å². The van der Waals surface area contributed by atoms with E-state index in [2.05, 4.69) is 134 Å². The van der Waals surface area contributed by atoms with Gasteiger partial charge in [0.2, 0.25) is 0 Å². The Kier molecular flexibility index (Phi) is 7.20. The number of rotatable bonds is 5. The van der Waals surface area contributed by atoms with Crippen molar-refractivity contribution >= 4 is 43.7 Å². The average molecular weight is 757 g/mol. The lowest BCUT2D eigenvalue weighted by Gasteiger charge is -2.21. The molecule has 0 atom stereocenters. The van der Waals surface area contributed by atoms with Crippen molar-refractivity contribution in [1.29, 1.82) is 0 Å². The van der Waals surface area contributed by atoms with Gasteiger partial charge in [0.25, 0.3) is 0 Å². The Morgan fingerprint density at radius 1 is 0.390 bits per heavy atom. The molecule has 0 aliphatic heterocycles. The van der Waals surface area contributed by atoms with E-state index in [-0.39, 0.29) is 5.41 Å². The molecule has 278 valence electrons. The van der Waals surface area contributed by atoms with Crippen molar-refractivity contribution < 1.29 is 4.42 Å². The molecule has 0 spiro atoms. The number of hydrogen-bond acceptors (Lipinski definition) is 4. The lowest BCUT2D eigenvalue weighted by molar-refractivity contribution is 0.661. The van der Waals surface area contributed by atoms with Gasteiger partial charge in [-0.25, -0.2) is 15.0 Å². The van der Waals surface area contributed by atoms with Crippen LogP contribution in [0.5, 0.6) is 0 Å². The molecule has 1 aliphatic carbocycles. The summed E-state index contributed by atoms with van der Waals surface area (Å²) in [7, 11) is 0. The zero-order valence-electron chi connectivity index (χ0n) is 32.5. The third-order valence-electron chi connectivity index (χ3n) is 12.3. The molecule has 5 heteroatoms. The minimum Gasteiger partial charge on any atom is -0.455 e. The number of nitrogens with zero attached hydrogens (tertiary/aromatic N) is 4. The molecule has 0 radical (unpaired) electrons. The second kappa shape index (κ2) is 12.7. The second-order valence-electron chi connectivity index (χ2n) is 16.0. The van der Waals surface area contributed by atoms with Gasteiger partial charge in [-0.05, 0) is 64.2 Å². The van der Waals surface area contributed by atoms with Gasteiger partial charge in [0, 0.05) is 49.3 Å². The Labute approximate surface area is 340 Å². The van der Waals surface area contributed by atoms with Crippen molar-refractivity contribution in [3.05, 3.63) is 193 Å². The summed E-state index contributed by atoms with van der Waals surface area (Å²) in [6, 6.07) is 64.1. The van der Waals surface area contributed by atoms with E-state index >= 15 is 0 Å². The van der Waals surface area contributed by atoms with Crippen LogP contribution >= 0.6 is 0 Å². The summed E-state index contributed by atoms with van der Waals surface area (Å²) < 4.78 is 9.41. The van der Waals surface area contributed by atoms with Crippen molar-refractivity contribution in [2.24, 2.45) is 0 Å². The number of aromatic nitrogens is 4. The summed E-state index contributed by atoms with van der Waals surface area (Å²) in [6.45, 7) is 4.70. The fourth-order valence-corrected chi connectivity index (χ4v) is 9.41. The topological polar surface area (TPSA) is 56.7 Å². The highest BCUT2D eigenvalue weighted by molar-refractivity contribution is 6.14. The van der Waals surface area contributed by atoms with Gasteiger partial charge in [-0.2, -0.15) is 0 Å². The Morgan fingerprint density at radius 3 is 1.69 bits per heavy atom. The van der Waals surface area contributed by atoms with E-state index < -0.39 is 0 Å². The van der Waals surface area contributed by atoms with Gasteiger partial charge in [-0.3, -0.25) is 0 Å². The van der Waals surface area contributed by atoms with Gasteiger partial charge in [0.1, 0.15) is 11.2 Å². The number of benzene rings is 8. The first-order chi connectivity index (χ1) is 29.0. The first-order valence-corrected chi connectivity index (χ1v) is 20.1. The molecule has 0 fully saturated rings. The van der Waals surface area contributed by atoms with E-state index in [0.29, 0.717) is 17.5 Å². The molecular formula is C54H36N4O. The van der Waals surface area contributed by atoms with E-state index in [4.69, 9.17) is 19.4 Å². The van der Waals surface area contributed by atoms with Crippen molar-refractivity contribution in [1.82, 2.24) is 19.5 Å². The van der Waals surface area contributed by atoms with Gasteiger partial charge < -0.3 is 8.98 Å². The summed E-state index contributed by atoms with van der Waals surface area (Å²) in [4.78, 5) is 15.0. The van der Waals surface area contributed by atoms with Gasteiger partial charge in [-0.15, -0.1) is 0 Å². The lowest BCUT2D eigenvalue weighted by Crippen LogP contribution is -2.14. The monoisotopic (exact) mass is 756 g/mol. The molecule has 0 saturated heterocycles. The highest BCUT2D eigenvalue weighted by Gasteiger charge is 2.36. The van der Waals surface area contributed by atoms with Crippen molar-refractivity contribution in [3.63, 3.8) is 0 Å². The highest BCUT2D eigenvalue weighted by Crippen LogP contribution is 2.51. The fourth-order valence-electron chi connectivity index (χ4n) is 9.41. The van der Waals surface area contributed by atoms with Crippen LogP contribution in [-0.4, -0.2) is 19.5 Å². The third kappa shape index (κ3) is 5.08. The molecule has 5 nitrogen and oxygen atoms in total. The molecule has 12 rings (SSSR count). The first kappa shape index (κ1) is 33.5. The summed E-state index contributed by atoms with van der Waals surface area (Å²) in [5.41, 5.74) is 15.1. The van der Waals surface area contributed by atoms with Crippen LogP contribution in [0.3, 0.4) is 0 Å². The van der Waals surface area contributed by atoms with Gasteiger partial charge >= 0.3 is 0 Å².